The van der Waals surface area contributed by atoms with Gasteiger partial charge < -0.3 is 5.11 Å². The van der Waals surface area contributed by atoms with E-state index in [-0.39, 0.29) is 0 Å². The van der Waals surface area contributed by atoms with Crippen LogP contribution in [0.5, 0.6) is 0 Å². The third-order valence-electron chi connectivity index (χ3n) is 3.60. The molecule has 5 heteroatoms. The predicted octanol–water partition coefficient (Wildman–Crippen LogP) is 3.95. The van der Waals surface area contributed by atoms with Crippen LogP contribution >= 0.6 is 11.3 Å². The van der Waals surface area contributed by atoms with Crippen molar-refractivity contribution in [3.63, 3.8) is 0 Å². The van der Waals surface area contributed by atoms with Crippen molar-refractivity contribution in [3.8, 4) is 11.3 Å². The number of rotatable bonds is 2. The third kappa shape index (κ3) is 2.76. The molecule has 0 aliphatic rings. The van der Waals surface area contributed by atoms with Crippen molar-refractivity contribution in [2.24, 2.45) is 0 Å². The van der Waals surface area contributed by atoms with E-state index in [0.717, 1.165) is 39.8 Å². The molecule has 0 saturated heterocycles. The molecule has 0 amide bonds. The van der Waals surface area contributed by atoms with Crippen LogP contribution in [0.25, 0.3) is 26.4 Å². The van der Waals surface area contributed by atoms with Crippen molar-refractivity contribution < 1.29 is 9.90 Å². The lowest BCUT2D eigenvalue weighted by Crippen LogP contribution is -1.81. The van der Waals surface area contributed by atoms with Gasteiger partial charge in [-0.2, -0.15) is 0 Å². The summed E-state index contributed by atoms with van der Waals surface area (Å²) >= 11 is 1.60. The van der Waals surface area contributed by atoms with Gasteiger partial charge in [0, 0.05) is 24.4 Å². The Bertz CT molecular complexity index is 968. The number of hydrogen-bond acceptors (Lipinski definition) is 4. The first-order valence-electron chi connectivity index (χ1n) is 7.13. The number of imidazole rings is 1. The Balaban J connectivity index is 0.000000753. The average Bonchev–Trinajstić information content (AvgIpc) is 3.14. The molecule has 0 saturated carbocycles. The highest BCUT2D eigenvalue weighted by molar-refractivity contribution is 7.23. The molecule has 0 bridgehead atoms. The van der Waals surface area contributed by atoms with Crippen molar-refractivity contribution >= 4 is 32.8 Å². The second-order valence-corrected chi connectivity index (χ2v) is 6.10. The van der Waals surface area contributed by atoms with Gasteiger partial charge in [-0.15, -0.1) is 0 Å². The normalized spacial score (nSPS) is 10.6. The summed E-state index contributed by atoms with van der Waals surface area (Å²) in [6, 6.07) is 14.1. The van der Waals surface area contributed by atoms with Crippen LogP contribution in [0.15, 0.2) is 48.7 Å². The maximum Gasteiger partial charge on any atom is 0.195 e. The number of aryl methyl sites for hydroxylation is 1. The van der Waals surface area contributed by atoms with E-state index in [1.807, 2.05) is 18.2 Å². The molecule has 4 nitrogen and oxygen atoms in total. The summed E-state index contributed by atoms with van der Waals surface area (Å²) in [6.07, 6.45) is 2.93. The first-order valence-corrected chi connectivity index (χ1v) is 7.95. The van der Waals surface area contributed by atoms with Crippen LogP contribution in [-0.2, 0) is 0 Å². The van der Waals surface area contributed by atoms with Crippen LogP contribution in [0.4, 0.5) is 0 Å². The van der Waals surface area contributed by atoms with Crippen molar-refractivity contribution in [2.45, 2.75) is 6.92 Å². The summed E-state index contributed by atoms with van der Waals surface area (Å²) in [4.78, 5) is 16.5. The quantitative estimate of drug-likeness (QED) is 0.568. The molecular weight excluding hydrogens is 308 g/mol. The monoisotopic (exact) mass is 324 g/mol. The average molecular weight is 324 g/mol. The highest BCUT2D eigenvalue weighted by atomic mass is 32.1. The summed E-state index contributed by atoms with van der Waals surface area (Å²) in [6.45, 7) is 2.08. The Labute approximate surface area is 137 Å². The van der Waals surface area contributed by atoms with Gasteiger partial charge in [0.15, 0.2) is 4.96 Å². The fourth-order valence-corrected chi connectivity index (χ4v) is 3.51. The molecule has 0 fully saturated rings. The van der Waals surface area contributed by atoms with Gasteiger partial charge in [-0.3, -0.25) is 9.20 Å². The fourth-order valence-electron chi connectivity index (χ4n) is 2.45. The number of carbonyl (C=O) groups excluding carboxylic acids is 1. The molecule has 0 atom stereocenters. The molecule has 116 valence electrons. The molecular formula is C18H16N2O2S. The fraction of sp³-hybridized carbons (Fsp3) is 0.111. The lowest BCUT2D eigenvalue weighted by atomic mass is 10.1. The molecule has 1 N–H and O–H groups in total. The third-order valence-corrected chi connectivity index (χ3v) is 4.62. The SMILES string of the molecule is CO.Cc1ccc(-c2cn3c(n2)sc2cc(C=O)ccc23)cc1. The molecule has 0 aliphatic carbocycles. The van der Waals surface area contributed by atoms with E-state index >= 15 is 0 Å². The number of nitrogens with zero attached hydrogens (tertiary/aromatic N) is 2. The Morgan fingerprint density at radius 1 is 1.13 bits per heavy atom. The van der Waals surface area contributed by atoms with Gasteiger partial charge in [-0.05, 0) is 25.1 Å². The van der Waals surface area contributed by atoms with Crippen LogP contribution in [-0.4, -0.2) is 27.9 Å². The van der Waals surface area contributed by atoms with Crippen LogP contribution in [0, 0.1) is 6.92 Å². The number of aldehydes is 1. The number of benzene rings is 2. The summed E-state index contributed by atoms with van der Waals surface area (Å²) in [7, 11) is 1.00. The summed E-state index contributed by atoms with van der Waals surface area (Å²) in [5.74, 6) is 0. The molecule has 23 heavy (non-hydrogen) atoms. The number of aliphatic hydroxyl groups is 1. The number of hydrogen-bond donors (Lipinski definition) is 1. The summed E-state index contributed by atoms with van der Waals surface area (Å²) < 4.78 is 3.17. The lowest BCUT2D eigenvalue weighted by molar-refractivity contribution is 0.112. The Morgan fingerprint density at radius 3 is 2.57 bits per heavy atom. The zero-order valence-corrected chi connectivity index (χ0v) is 13.7. The van der Waals surface area contributed by atoms with E-state index in [0.29, 0.717) is 5.56 Å². The largest absolute Gasteiger partial charge is 0.400 e. The summed E-state index contributed by atoms with van der Waals surface area (Å²) in [5, 5.41) is 7.00. The van der Waals surface area contributed by atoms with Crippen LogP contribution in [0.2, 0.25) is 0 Å². The molecule has 2 aromatic heterocycles. The van der Waals surface area contributed by atoms with Crippen LogP contribution in [0.1, 0.15) is 15.9 Å². The Hall–Kier alpha value is -2.50. The summed E-state index contributed by atoms with van der Waals surface area (Å²) in [5.41, 5.74) is 5.13. The van der Waals surface area contributed by atoms with Crippen molar-refractivity contribution in [1.82, 2.24) is 9.38 Å². The number of aliphatic hydroxyl groups excluding tert-OH is 1. The van der Waals surface area contributed by atoms with E-state index in [1.54, 1.807) is 11.3 Å². The zero-order chi connectivity index (χ0) is 16.4. The first-order chi connectivity index (χ1) is 11.2. The van der Waals surface area contributed by atoms with E-state index in [2.05, 4.69) is 41.8 Å². The number of thiazole rings is 1. The highest BCUT2D eigenvalue weighted by Gasteiger charge is 2.10. The maximum absolute atomic E-state index is 10.9. The lowest BCUT2D eigenvalue weighted by Gasteiger charge is -1.97. The van der Waals surface area contributed by atoms with Crippen molar-refractivity contribution in [2.75, 3.05) is 7.11 Å². The minimum atomic E-state index is 0.700. The molecule has 0 spiro atoms. The molecule has 0 aliphatic heterocycles. The molecule has 0 unspecified atom stereocenters. The van der Waals surface area contributed by atoms with Gasteiger partial charge in [-0.1, -0.05) is 41.2 Å². The molecule has 0 radical (unpaired) electrons. The van der Waals surface area contributed by atoms with Crippen molar-refractivity contribution in [3.05, 3.63) is 59.8 Å². The van der Waals surface area contributed by atoms with Gasteiger partial charge >= 0.3 is 0 Å². The van der Waals surface area contributed by atoms with E-state index in [1.165, 1.54) is 5.56 Å². The molecule has 2 aromatic carbocycles. The standard InChI is InChI=1S/C17H12N2OS.CH4O/c1-11-2-5-13(6-3-11)14-9-19-15-7-4-12(10-20)8-16(15)21-17(19)18-14;1-2/h2-10H,1H3;2H,1H3. The molecule has 4 rings (SSSR count). The number of carbonyl (C=O) groups is 1. The second kappa shape index (κ2) is 6.32. The minimum absolute atomic E-state index is 0.700. The number of fused-ring (bicyclic) bond motifs is 3. The maximum atomic E-state index is 10.9. The Morgan fingerprint density at radius 2 is 1.87 bits per heavy atom. The van der Waals surface area contributed by atoms with E-state index in [4.69, 9.17) is 10.1 Å². The van der Waals surface area contributed by atoms with Crippen LogP contribution < -0.4 is 0 Å². The van der Waals surface area contributed by atoms with Gasteiger partial charge in [0.25, 0.3) is 0 Å². The molecule has 4 aromatic rings. The predicted molar refractivity (Wildman–Crippen MR) is 94.3 cm³/mol. The van der Waals surface area contributed by atoms with E-state index in [9.17, 15) is 4.79 Å². The molecule has 2 heterocycles. The van der Waals surface area contributed by atoms with Gasteiger partial charge in [0.2, 0.25) is 0 Å². The van der Waals surface area contributed by atoms with Gasteiger partial charge in [-0.25, -0.2) is 4.98 Å². The van der Waals surface area contributed by atoms with Crippen molar-refractivity contribution in [1.29, 1.82) is 0 Å². The first kappa shape index (κ1) is 15.4. The Kier molecular flexibility index (Phi) is 4.23. The zero-order valence-electron chi connectivity index (χ0n) is 12.9. The topological polar surface area (TPSA) is 54.6 Å². The van der Waals surface area contributed by atoms with E-state index < -0.39 is 0 Å². The highest BCUT2D eigenvalue weighted by Crippen LogP contribution is 2.29. The minimum Gasteiger partial charge on any atom is -0.400 e. The smallest absolute Gasteiger partial charge is 0.195 e. The second-order valence-electron chi connectivity index (χ2n) is 5.09. The van der Waals surface area contributed by atoms with Gasteiger partial charge in [0.1, 0.15) is 6.29 Å². The van der Waals surface area contributed by atoms with Gasteiger partial charge in [0.05, 0.1) is 15.9 Å². The van der Waals surface area contributed by atoms with Crippen LogP contribution in [0.3, 0.4) is 0 Å². The number of aromatic nitrogens is 2.